The predicted octanol–water partition coefficient (Wildman–Crippen LogP) is 3.68. The smallest absolute Gasteiger partial charge is 0.137 e. The molecule has 0 spiro atoms. The second-order valence-corrected chi connectivity index (χ2v) is 6.14. The summed E-state index contributed by atoms with van der Waals surface area (Å²) in [5.41, 5.74) is 1.04. The molecule has 0 radical (unpaired) electrons. The number of nitrogens with one attached hydrogen (secondary N) is 1. The van der Waals surface area contributed by atoms with Crippen molar-refractivity contribution < 1.29 is 9.13 Å². The Morgan fingerprint density at radius 3 is 2.74 bits per heavy atom. The fraction of sp³-hybridized carbons (Fsp3) is 0.600. The molecule has 1 unspecified atom stereocenters. The van der Waals surface area contributed by atoms with Crippen LogP contribution in [0.4, 0.5) is 4.39 Å². The van der Waals surface area contributed by atoms with Crippen molar-refractivity contribution in [3.8, 4) is 0 Å². The van der Waals surface area contributed by atoms with E-state index in [9.17, 15) is 4.39 Å². The first-order valence-corrected chi connectivity index (χ1v) is 7.55. The summed E-state index contributed by atoms with van der Waals surface area (Å²) in [5.74, 6) is -0.197. The van der Waals surface area contributed by atoms with Gasteiger partial charge in [-0.1, -0.05) is 12.1 Å². The Labute approximate surface area is 122 Å². The minimum atomic E-state index is -0.197. The molecule has 2 nitrogen and oxygen atoms in total. The zero-order chi connectivity index (χ0) is 13.9. The van der Waals surface area contributed by atoms with E-state index in [4.69, 9.17) is 4.74 Å². The van der Waals surface area contributed by atoms with E-state index in [1.807, 2.05) is 13.1 Å². The lowest BCUT2D eigenvalue weighted by Gasteiger charge is -2.43. The third-order valence-corrected chi connectivity index (χ3v) is 5.11. The molecule has 19 heavy (non-hydrogen) atoms. The lowest BCUT2D eigenvalue weighted by molar-refractivity contribution is -0.0830. The quantitative estimate of drug-likeness (QED) is 0.859. The molecule has 2 rings (SSSR count). The van der Waals surface area contributed by atoms with E-state index in [1.54, 1.807) is 13.2 Å². The summed E-state index contributed by atoms with van der Waals surface area (Å²) in [6.45, 7) is 0. The molecule has 1 aliphatic rings. The maximum Gasteiger partial charge on any atom is 0.137 e. The maximum absolute atomic E-state index is 13.5. The average Bonchev–Trinajstić information content (AvgIpc) is 2.37. The molecule has 1 N–H and O–H groups in total. The third kappa shape index (κ3) is 3.36. The Bertz CT molecular complexity index is 429. The summed E-state index contributed by atoms with van der Waals surface area (Å²) in [6.07, 6.45) is 5.29. The highest BCUT2D eigenvalue weighted by atomic mass is 79.9. The summed E-state index contributed by atoms with van der Waals surface area (Å²) >= 11 is 3.33. The summed E-state index contributed by atoms with van der Waals surface area (Å²) < 4.78 is 19.8. The van der Waals surface area contributed by atoms with Crippen LogP contribution in [0.3, 0.4) is 0 Å². The SMILES string of the molecule is CNC(Cc1cccc(F)c1Br)CC1(OC)CCC1. The van der Waals surface area contributed by atoms with Crippen LogP contribution in [0.2, 0.25) is 0 Å². The first-order valence-electron chi connectivity index (χ1n) is 6.75. The molecule has 0 aliphatic heterocycles. The zero-order valence-electron chi connectivity index (χ0n) is 11.5. The molecular formula is C15H21BrFNO. The minimum Gasteiger partial charge on any atom is -0.378 e. The van der Waals surface area contributed by atoms with Crippen LogP contribution in [0.25, 0.3) is 0 Å². The molecule has 106 valence electrons. The second-order valence-electron chi connectivity index (χ2n) is 5.35. The molecule has 1 aromatic carbocycles. The van der Waals surface area contributed by atoms with E-state index in [0.717, 1.165) is 31.2 Å². The van der Waals surface area contributed by atoms with Gasteiger partial charge in [0.05, 0.1) is 10.1 Å². The van der Waals surface area contributed by atoms with Crippen LogP contribution in [0, 0.1) is 5.82 Å². The fourth-order valence-corrected chi connectivity index (χ4v) is 3.19. The first kappa shape index (κ1) is 14.9. The highest BCUT2D eigenvalue weighted by molar-refractivity contribution is 9.10. The van der Waals surface area contributed by atoms with Gasteiger partial charge < -0.3 is 10.1 Å². The highest BCUT2D eigenvalue weighted by Gasteiger charge is 2.38. The van der Waals surface area contributed by atoms with Gasteiger partial charge in [0.15, 0.2) is 0 Å². The van der Waals surface area contributed by atoms with Crippen LogP contribution in [0.5, 0.6) is 0 Å². The summed E-state index contributed by atoms with van der Waals surface area (Å²) in [4.78, 5) is 0. The number of halogens is 2. The van der Waals surface area contributed by atoms with Crippen LogP contribution in [0.1, 0.15) is 31.2 Å². The number of ether oxygens (including phenoxy) is 1. The lowest BCUT2D eigenvalue weighted by atomic mass is 9.75. The number of benzene rings is 1. The Morgan fingerprint density at radius 1 is 1.47 bits per heavy atom. The Hall–Kier alpha value is -0.450. The van der Waals surface area contributed by atoms with E-state index >= 15 is 0 Å². The van der Waals surface area contributed by atoms with Gasteiger partial charge >= 0.3 is 0 Å². The van der Waals surface area contributed by atoms with Crippen molar-refractivity contribution in [2.24, 2.45) is 0 Å². The topological polar surface area (TPSA) is 21.3 Å². The van der Waals surface area contributed by atoms with E-state index in [1.165, 1.54) is 12.5 Å². The van der Waals surface area contributed by atoms with E-state index in [-0.39, 0.29) is 11.4 Å². The van der Waals surface area contributed by atoms with Crippen molar-refractivity contribution in [2.75, 3.05) is 14.2 Å². The largest absolute Gasteiger partial charge is 0.378 e. The molecule has 1 aliphatic carbocycles. The monoisotopic (exact) mass is 329 g/mol. The van der Waals surface area contributed by atoms with Crippen LogP contribution in [-0.2, 0) is 11.2 Å². The van der Waals surface area contributed by atoms with Gasteiger partial charge in [0.25, 0.3) is 0 Å². The van der Waals surface area contributed by atoms with Crippen LogP contribution >= 0.6 is 15.9 Å². The zero-order valence-corrected chi connectivity index (χ0v) is 13.1. The van der Waals surface area contributed by atoms with E-state index in [2.05, 4.69) is 21.2 Å². The Morgan fingerprint density at radius 2 is 2.21 bits per heavy atom. The van der Waals surface area contributed by atoms with E-state index < -0.39 is 0 Å². The van der Waals surface area contributed by atoms with Crippen molar-refractivity contribution in [1.82, 2.24) is 5.32 Å². The minimum absolute atomic E-state index is 0.0352. The molecule has 0 amide bonds. The summed E-state index contributed by atoms with van der Waals surface area (Å²) in [7, 11) is 3.75. The Kier molecular flexibility index (Phi) is 4.98. The predicted molar refractivity (Wildman–Crippen MR) is 78.9 cm³/mol. The van der Waals surface area contributed by atoms with Gasteiger partial charge in [-0.25, -0.2) is 4.39 Å². The molecule has 0 bridgehead atoms. The van der Waals surface area contributed by atoms with Crippen LogP contribution in [0.15, 0.2) is 22.7 Å². The number of hydrogen-bond donors (Lipinski definition) is 1. The maximum atomic E-state index is 13.5. The Balaban J connectivity index is 2.04. The summed E-state index contributed by atoms with van der Waals surface area (Å²) in [5, 5.41) is 3.33. The molecule has 1 saturated carbocycles. The van der Waals surface area contributed by atoms with Gasteiger partial charge in [-0.2, -0.15) is 0 Å². The van der Waals surface area contributed by atoms with Crippen molar-refractivity contribution in [3.05, 3.63) is 34.1 Å². The fourth-order valence-electron chi connectivity index (χ4n) is 2.76. The number of rotatable bonds is 6. The highest BCUT2D eigenvalue weighted by Crippen LogP contribution is 2.39. The summed E-state index contributed by atoms with van der Waals surface area (Å²) in [6, 6.07) is 5.51. The number of hydrogen-bond acceptors (Lipinski definition) is 2. The molecular weight excluding hydrogens is 309 g/mol. The second kappa shape index (κ2) is 6.33. The van der Waals surface area contributed by atoms with Crippen molar-refractivity contribution >= 4 is 15.9 Å². The van der Waals surface area contributed by atoms with Crippen molar-refractivity contribution in [3.63, 3.8) is 0 Å². The molecule has 1 atom stereocenters. The van der Waals surface area contributed by atoms with Crippen LogP contribution < -0.4 is 5.32 Å². The molecule has 0 saturated heterocycles. The lowest BCUT2D eigenvalue weighted by Crippen LogP contribution is -2.45. The average molecular weight is 330 g/mol. The standard InChI is InChI=1S/C15H21BrFNO/c1-18-12(10-15(19-2)7-4-8-15)9-11-5-3-6-13(17)14(11)16/h3,5-6,12,18H,4,7-10H2,1-2H3. The van der Waals surface area contributed by atoms with E-state index in [0.29, 0.717) is 10.5 Å². The van der Waals surface area contributed by atoms with Gasteiger partial charge in [0.1, 0.15) is 5.82 Å². The molecule has 4 heteroatoms. The third-order valence-electron chi connectivity index (χ3n) is 4.22. The van der Waals surface area contributed by atoms with Gasteiger partial charge in [-0.15, -0.1) is 0 Å². The normalized spacial score (nSPS) is 18.9. The molecule has 1 fully saturated rings. The molecule has 0 aromatic heterocycles. The van der Waals surface area contributed by atoms with Gasteiger partial charge in [0, 0.05) is 13.2 Å². The van der Waals surface area contributed by atoms with Gasteiger partial charge in [-0.3, -0.25) is 0 Å². The first-order chi connectivity index (χ1) is 9.10. The number of likely N-dealkylation sites (N-methyl/N-ethyl adjacent to an activating group) is 1. The molecule has 1 aromatic rings. The number of methoxy groups -OCH3 is 1. The van der Waals surface area contributed by atoms with Gasteiger partial charge in [0.2, 0.25) is 0 Å². The van der Waals surface area contributed by atoms with Crippen molar-refractivity contribution in [1.29, 1.82) is 0 Å². The molecule has 0 heterocycles. The van der Waals surface area contributed by atoms with Crippen LogP contribution in [-0.4, -0.2) is 25.8 Å². The van der Waals surface area contributed by atoms with Gasteiger partial charge in [-0.05, 0) is 66.7 Å². The van der Waals surface area contributed by atoms with Crippen molar-refractivity contribution in [2.45, 2.75) is 43.7 Å².